The molecular weight excluding hydrogens is 360 g/mol. The van der Waals surface area contributed by atoms with Crippen LogP contribution in [0.25, 0.3) is 0 Å². The molecular formula is C16H21ClN6O3. The zero-order valence-electron chi connectivity index (χ0n) is 14.1. The summed E-state index contributed by atoms with van der Waals surface area (Å²) in [6.45, 7) is 1.38. The molecule has 0 radical (unpaired) electrons. The Morgan fingerprint density at radius 1 is 1.15 bits per heavy atom. The van der Waals surface area contributed by atoms with Crippen LogP contribution in [0.15, 0.2) is 42.7 Å². The number of benzene rings is 1. The first-order valence-corrected chi connectivity index (χ1v) is 7.66. The molecule has 0 aliphatic heterocycles. The Balaban J connectivity index is 0.00000338. The van der Waals surface area contributed by atoms with E-state index in [9.17, 15) is 14.4 Å². The summed E-state index contributed by atoms with van der Waals surface area (Å²) in [6.07, 6.45) is 3.31. The van der Waals surface area contributed by atoms with Gasteiger partial charge in [-0.2, -0.15) is 5.10 Å². The number of rotatable bonds is 7. The third-order valence-corrected chi connectivity index (χ3v) is 3.35. The summed E-state index contributed by atoms with van der Waals surface area (Å²) in [5.41, 5.74) is 6.18. The van der Waals surface area contributed by atoms with Gasteiger partial charge in [-0.1, -0.05) is 6.07 Å². The van der Waals surface area contributed by atoms with E-state index in [0.29, 0.717) is 11.4 Å². The fourth-order valence-electron chi connectivity index (χ4n) is 2.01. The lowest BCUT2D eigenvalue weighted by atomic mass is 10.2. The number of nitrogens with one attached hydrogen (secondary N) is 3. The van der Waals surface area contributed by atoms with Crippen LogP contribution in [0.3, 0.4) is 0 Å². The minimum absolute atomic E-state index is 0. The van der Waals surface area contributed by atoms with Gasteiger partial charge in [-0.3, -0.25) is 19.1 Å². The molecule has 0 saturated carbocycles. The highest BCUT2D eigenvalue weighted by atomic mass is 35.5. The predicted octanol–water partition coefficient (Wildman–Crippen LogP) is 0.518. The second kappa shape index (κ2) is 10.2. The Morgan fingerprint density at radius 3 is 2.46 bits per heavy atom. The third-order valence-electron chi connectivity index (χ3n) is 3.35. The number of nitrogens with two attached hydrogens (primary N) is 1. The van der Waals surface area contributed by atoms with Gasteiger partial charge in [-0.05, 0) is 31.2 Å². The van der Waals surface area contributed by atoms with Gasteiger partial charge in [0.2, 0.25) is 17.7 Å². The molecule has 0 aliphatic rings. The molecule has 10 heteroatoms. The monoisotopic (exact) mass is 380 g/mol. The van der Waals surface area contributed by atoms with E-state index in [2.05, 4.69) is 21.0 Å². The maximum Gasteiger partial charge on any atom is 0.248 e. The third kappa shape index (κ3) is 6.19. The Kier molecular flexibility index (Phi) is 8.26. The summed E-state index contributed by atoms with van der Waals surface area (Å²) in [5, 5.41) is 11.8. The van der Waals surface area contributed by atoms with E-state index >= 15 is 0 Å². The smallest absolute Gasteiger partial charge is 0.248 e. The second-order valence-corrected chi connectivity index (χ2v) is 5.26. The van der Waals surface area contributed by atoms with Crippen LogP contribution in [0.2, 0.25) is 0 Å². The normalized spacial score (nSPS) is 11.0. The second-order valence-electron chi connectivity index (χ2n) is 5.26. The average Bonchev–Trinajstić information content (AvgIpc) is 3.13. The number of hydrogen-bond donors (Lipinski definition) is 4. The Bertz CT molecular complexity index is 750. The highest BCUT2D eigenvalue weighted by Crippen LogP contribution is 2.16. The van der Waals surface area contributed by atoms with Gasteiger partial charge in [0.05, 0.1) is 13.1 Å². The van der Waals surface area contributed by atoms with E-state index in [4.69, 9.17) is 5.73 Å². The number of anilines is 2. The number of amides is 3. The summed E-state index contributed by atoms with van der Waals surface area (Å²) in [6, 6.07) is 7.97. The first-order chi connectivity index (χ1) is 12.0. The van der Waals surface area contributed by atoms with Crippen LogP contribution in [0.1, 0.15) is 13.0 Å². The van der Waals surface area contributed by atoms with Crippen LogP contribution in [0.5, 0.6) is 0 Å². The molecule has 0 bridgehead atoms. The number of hydrogen-bond acceptors (Lipinski definition) is 5. The van der Waals surface area contributed by atoms with Crippen molar-refractivity contribution in [2.24, 2.45) is 5.73 Å². The van der Waals surface area contributed by atoms with E-state index in [-0.39, 0.29) is 31.4 Å². The van der Waals surface area contributed by atoms with Crippen molar-refractivity contribution >= 4 is 41.5 Å². The average molecular weight is 381 g/mol. The molecule has 140 valence electrons. The predicted molar refractivity (Wildman–Crippen MR) is 100.0 cm³/mol. The van der Waals surface area contributed by atoms with Crippen molar-refractivity contribution in [2.75, 3.05) is 23.7 Å². The Morgan fingerprint density at radius 2 is 1.85 bits per heavy atom. The maximum absolute atomic E-state index is 12.2. The molecule has 1 heterocycles. The molecule has 0 saturated heterocycles. The molecule has 1 aromatic heterocycles. The van der Waals surface area contributed by atoms with Crippen LogP contribution in [0, 0.1) is 0 Å². The van der Waals surface area contributed by atoms with Gasteiger partial charge in [-0.25, -0.2) is 0 Å². The van der Waals surface area contributed by atoms with Gasteiger partial charge >= 0.3 is 0 Å². The lowest BCUT2D eigenvalue weighted by Gasteiger charge is -2.13. The van der Waals surface area contributed by atoms with Gasteiger partial charge in [0.1, 0.15) is 6.04 Å². The standard InChI is InChI=1S/C16H20N6O3.ClH/c1-11(22-7-3-6-19-22)16(25)21-13-5-2-4-12(8-13)20-15(24)10-18-14(23)9-17;/h2-8,11H,9-10,17H2,1H3,(H,18,23)(H,20,24)(H,21,25);1H. The van der Waals surface area contributed by atoms with Gasteiger partial charge in [0.25, 0.3) is 0 Å². The lowest BCUT2D eigenvalue weighted by Crippen LogP contribution is -2.36. The summed E-state index contributed by atoms with van der Waals surface area (Å²) >= 11 is 0. The first kappa shape index (κ1) is 21.1. The van der Waals surface area contributed by atoms with Crippen LogP contribution in [-0.2, 0) is 14.4 Å². The van der Waals surface area contributed by atoms with Crippen molar-refractivity contribution in [3.05, 3.63) is 42.7 Å². The van der Waals surface area contributed by atoms with E-state index in [1.165, 1.54) is 0 Å². The van der Waals surface area contributed by atoms with Crippen LogP contribution < -0.4 is 21.7 Å². The van der Waals surface area contributed by atoms with Gasteiger partial charge in [-0.15, -0.1) is 12.4 Å². The minimum Gasteiger partial charge on any atom is -0.346 e. The number of nitrogens with zero attached hydrogens (tertiary/aromatic N) is 2. The quantitative estimate of drug-likeness (QED) is 0.556. The maximum atomic E-state index is 12.2. The molecule has 1 unspecified atom stereocenters. The Hall–Kier alpha value is -2.91. The number of halogens is 1. The molecule has 1 aromatic carbocycles. The van der Waals surface area contributed by atoms with Crippen LogP contribution >= 0.6 is 12.4 Å². The summed E-state index contributed by atoms with van der Waals surface area (Å²) in [4.78, 5) is 35.0. The zero-order valence-corrected chi connectivity index (χ0v) is 15.0. The van der Waals surface area contributed by atoms with Crippen LogP contribution in [-0.4, -0.2) is 40.6 Å². The molecule has 9 nitrogen and oxygen atoms in total. The number of carbonyl (C=O) groups is 3. The molecule has 2 aromatic rings. The zero-order chi connectivity index (χ0) is 18.2. The van der Waals surface area contributed by atoms with E-state index in [1.54, 1.807) is 54.3 Å². The van der Waals surface area contributed by atoms with Gasteiger partial charge in [0.15, 0.2) is 0 Å². The van der Waals surface area contributed by atoms with Crippen molar-refractivity contribution in [1.82, 2.24) is 15.1 Å². The highest BCUT2D eigenvalue weighted by molar-refractivity contribution is 5.97. The molecule has 0 aliphatic carbocycles. The van der Waals surface area contributed by atoms with E-state index in [1.807, 2.05) is 0 Å². The van der Waals surface area contributed by atoms with E-state index < -0.39 is 17.9 Å². The lowest BCUT2D eigenvalue weighted by molar-refractivity contribution is -0.123. The van der Waals surface area contributed by atoms with Crippen molar-refractivity contribution in [3.63, 3.8) is 0 Å². The fraction of sp³-hybridized carbons (Fsp3) is 0.250. The van der Waals surface area contributed by atoms with Crippen molar-refractivity contribution in [2.45, 2.75) is 13.0 Å². The van der Waals surface area contributed by atoms with Crippen molar-refractivity contribution in [3.8, 4) is 0 Å². The fourth-order valence-corrected chi connectivity index (χ4v) is 2.01. The first-order valence-electron chi connectivity index (χ1n) is 7.66. The molecule has 0 spiro atoms. The molecule has 2 rings (SSSR count). The molecule has 1 atom stereocenters. The molecule has 3 amide bonds. The Labute approximate surface area is 156 Å². The van der Waals surface area contributed by atoms with Crippen molar-refractivity contribution in [1.29, 1.82) is 0 Å². The van der Waals surface area contributed by atoms with Gasteiger partial charge in [0, 0.05) is 23.8 Å². The topological polar surface area (TPSA) is 131 Å². The molecule has 0 fully saturated rings. The van der Waals surface area contributed by atoms with Crippen LogP contribution in [0.4, 0.5) is 11.4 Å². The number of aromatic nitrogens is 2. The van der Waals surface area contributed by atoms with Crippen molar-refractivity contribution < 1.29 is 14.4 Å². The van der Waals surface area contributed by atoms with Gasteiger partial charge < -0.3 is 21.7 Å². The molecule has 26 heavy (non-hydrogen) atoms. The largest absolute Gasteiger partial charge is 0.346 e. The highest BCUT2D eigenvalue weighted by Gasteiger charge is 2.15. The summed E-state index contributed by atoms with van der Waals surface area (Å²) < 4.78 is 1.54. The van der Waals surface area contributed by atoms with E-state index in [0.717, 1.165) is 0 Å². The minimum atomic E-state index is -0.472. The molecule has 5 N–H and O–H groups in total. The SMILES string of the molecule is CC(C(=O)Nc1cccc(NC(=O)CNC(=O)CN)c1)n1cccn1.Cl. The summed E-state index contributed by atoms with van der Waals surface area (Å²) in [7, 11) is 0. The summed E-state index contributed by atoms with van der Waals surface area (Å²) in [5.74, 6) is -1.04. The number of carbonyl (C=O) groups excluding carboxylic acids is 3.